The Bertz CT molecular complexity index is 1020. The summed E-state index contributed by atoms with van der Waals surface area (Å²) in [6.07, 6.45) is 5.56. The summed E-state index contributed by atoms with van der Waals surface area (Å²) in [5.41, 5.74) is 6.92. The smallest absolute Gasteiger partial charge is 0.264 e. The maximum absolute atomic E-state index is 4.63. The Kier molecular flexibility index (Phi) is 3.54. The highest BCUT2D eigenvalue weighted by Crippen LogP contribution is 2.29. The number of rotatable bonds is 2. The number of hydrogen-bond acceptors (Lipinski definition) is 2. The highest BCUT2D eigenvalue weighted by atomic mass is 15.0. The molecule has 0 aliphatic heterocycles. The maximum atomic E-state index is 4.63. The molecule has 4 aromatic rings. The molecule has 2 aromatic carbocycles. The summed E-state index contributed by atoms with van der Waals surface area (Å²) in [5.74, 6) is 0. The highest BCUT2D eigenvalue weighted by molar-refractivity contribution is 5.93. The number of benzene rings is 2. The summed E-state index contributed by atoms with van der Waals surface area (Å²) >= 11 is 0. The first kappa shape index (κ1) is 14.5. The summed E-state index contributed by atoms with van der Waals surface area (Å²) in [4.78, 5) is 8.83. The van der Waals surface area contributed by atoms with Crippen molar-refractivity contribution in [1.82, 2.24) is 9.97 Å². The van der Waals surface area contributed by atoms with Crippen LogP contribution >= 0.6 is 0 Å². The van der Waals surface area contributed by atoms with Crippen LogP contribution in [0.1, 0.15) is 5.56 Å². The number of aryl methyl sites for hydroxylation is 2. The second-order valence-corrected chi connectivity index (χ2v) is 5.99. The van der Waals surface area contributed by atoms with Crippen molar-refractivity contribution in [1.29, 1.82) is 0 Å². The van der Waals surface area contributed by atoms with Gasteiger partial charge in [0.25, 0.3) is 6.33 Å². The molecular weight excluding hydrogens is 294 g/mol. The van der Waals surface area contributed by atoms with Crippen molar-refractivity contribution < 1.29 is 4.57 Å². The first-order valence-corrected chi connectivity index (χ1v) is 7.99. The zero-order valence-corrected chi connectivity index (χ0v) is 13.8. The number of pyridine rings is 1. The predicted molar refractivity (Wildman–Crippen MR) is 96.3 cm³/mol. The molecule has 2 aromatic heterocycles. The summed E-state index contributed by atoms with van der Waals surface area (Å²) in [7, 11) is 2.04. The minimum absolute atomic E-state index is 0.993. The first-order valence-electron chi connectivity index (χ1n) is 7.99. The van der Waals surface area contributed by atoms with Gasteiger partial charge in [-0.1, -0.05) is 36.4 Å². The van der Waals surface area contributed by atoms with E-state index < -0.39 is 0 Å². The molecule has 2 heterocycles. The molecule has 0 bridgehead atoms. The molecule has 0 fully saturated rings. The Morgan fingerprint density at radius 1 is 0.917 bits per heavy atom. The summed E-state index contributed by atoms with van der Waals surface area (Å²) in [6, 6.07) is 18.9. The Labute approximate surface area is 141 Å². The van der Waals surface area contributed by atoms with Gasteiger partial charge in [-0.3, -0.25) is 4.98 Å². The molecule has 0 spiro atoms. The van der Waals surface area contributed by atoms with Gasteiger partial charge in [0, 0.05) is 23.5 Å². The van der Waals surface area contributed by atoms with Crippen molar-refractivity contribution in [2.45, 2.75) is 6.92 Å². The topological polar surface area (TPSA) is 29.7 Å². The third-order valence-corrected chi connectivity index (χ3v) is 4.37. The Morgan fingerprint density at radius 3 is 2.58 bits per heavy atom. The minimum Gasteiger partial charge on any atom is -0.264 e. The molecule has 0 aliphatic carbocycles. The quantitative estimate of drug-likeness (QED) is 0.522. The van der Waals surface area contributed by atoms with E-state index in [9.17, 15) is 0 Å². The lowest BCUT2D eigenvalue weighted by Crippen LogP contribution is -2.31. The summed E-state index contributed by atoms with van der Waals surface area (Å²) in [6.45, 7) is 2.14. The van der Waals surface area contributed by atoms with Crippen molar-refractivity contribution >= 4 is 10.9 Å². The van der Waals surface area contributed by atoms with E-state index in [1.54, 1.807) is 6.20 Å². The fourth-order valence-electron chi connectivity index (χ4n) is 3.12. The van der Waals surface area contributed by atoms with E-state index in [1.165, 1.54) is 16.8 Å². The van der Waals surface area contributed by atoms with Crippen LogP contribution in [-0.4, -0.2) is 9.97 Å². The van der Waals surface area contributed by atoms with E-state index in [0.29, 0.717) is 0 Å². The molecular formula is C21H18N3+. The van der Waals surface area contributed by atoms with Gasteiger partial charge in [-0.25, -0.2) is 4.57 Å². The van der Waals surface area contributed by atoms with Gasteiger partial charge >= 0.3 is 0 Å². The van der Waals surface area contributed by atoms with Gasteiger partial charge in [-0.05, 0) is 41.2 Å². The molecule has 0 saturated carbocycles. The maximum Gasteiger partial charge on any atom is 0.287 e. The van der Waals surface area contributed by atoms with Gasteiger partial charge in [0.05, 0.1) is 12.4 Å². The number of hydrogen-bond donors (Lipinski definition) is 0. The lowest BCUT2D eigenvalue weighted by Gasteiger charge is -2.09. The zero-order chi connectivity index (χ0) is 16.5. The van der Waals surface area contributed by atoms with E-state index in [4.69, 9.17) is 0 Å². The van der Waals surface area contributed by atoms with Crippen LogP contribution in [0.25, 0.3) is 33.3 Å². The minimum atomic E-state index is 0.993. The number of fused-ring (bicyclic) bond motifs is 1. The molecule has 4 rings (SSSR count). The average Bonchev–Trinajstić information content (AvgIpc) is 2.63. The van der Waals surface area contributed by atoms with Gasteiger partial charge in [0.2, 0.25) is 0 Å². The van der Waals surface area contributed by atoms with Crippen LogP contribution in [0.2, 0.25) is 0 Å². The summed E-state index contributed by atoms with van der Waals surface area (Å²) in [5, 5.41) is 1.15. The van der Waals surface area contributed by atoms with E-state index in [-0.39, 0.29) is 0 Å². The lowest BCUT2D eigenvalue weighted by atomic mass is 9.99. The first-order chi connectivity index (χ1) is 11.7. The third kappa shape index (κ3) is 2.44. The Balaban J connectivity index is 1.96. The van der Waals surface area contributed by atoms with Crippen LogP contribution in [0.3, 0.4) is 0 Å². The zero-order valence-electron chi connectivity index (χ0n) is 13.8. The van der Waals surface area contributed by atoms with E-state index in [1.807, 2.05) is 25.6 Å². The predicted octanol–water partition coefficient (Wildman–Crippen LogP) is 4.10. The van der Waals surface area contributed by atoms with Crippen molar-refractivity contribution in [3.8, 4) is 22.4 Å². The van der Waals surface area contributed by atoms with Crippen LogP contribution in [0.5, 0.6) is 0 Å². The van der Waals surface area contributed by atoms with Gasteiger partial charge in [-0.15, -0.1) is 0 Å². The SMILES string of the molecule is Cc1ccccc1-c1c2ccc(-c3cccnc3)cc2nc[n+]1C. The molecule has 0 saturated heterocycles. The van der Waals surface area contributed by atoms with Crippen LogP contribution in [0.15, 0.2) is 73.3 Å². The molecule has 3 heteroatoms. The number of nitrogens with zero attached hydrogens (tertiary/aromatic N) is 3. The van der Waals surface area contributed by atoms with Gasteiger partial charge < -0.3 is 0 Å². The van der Waals surface area contributed by atoms with Crippen molar-refractivity contribution in [3.05, 3.63) is 78.9 Å². The molecule has 24 heavy (non-hydrogen) atoms. The second-order valence-electron chi connectivity index (χ2n) is 5.99. The van der Waals surface area contributed by atoms with Gasteiger partial charge in [0.1, 0.15) is 5.69 Å². The van der Waals surface area contributed by atoms with Crippen molar-refractivity contribution in [3.63, 3.8) is 0 Å². The molecule has 0 amide bonds. The molecule has 0 unspecified atom stereocenters. The Hall–Kier alpha value is -3.07. The Morgan fingerprint density at radius 2 is 1.79 bits per heavy atom. The fourth-order valence-corrected chi connectivity index (χ4v) is 3.12. The monoisotopic (exact) mass is 312 g/mol. The molecule has 0 atom stereocenters. The fraction of sp³-hybridized carbons (Fsp3) is 0.0952. The van der Waals surface area contributed by atoms with E-state index in [0.717, 1.165) is 22.0 Å². The molecule has 0 radical (unpaired) electrons. The second kappa shape index (κ2) is 5.85. The van der Waals surface area contributed by atoms with Gasteiger partial charge in [0.15, 0.2) is 5.52 Å². The summed E-state index contributed by atoms with van der Waals surface area (Å²) < 4.78 is 2.09. The lowest BCUT2D eigenvalue weighted by molar-refractivity contribution is -0.662. The van der Waals surface area contributed by atoms with Crippen molar-refractivity contribution in [2.24, 2.45) is 7.05 Å². The van der Waals surface area contributed by atoms with Crippen molar-refractivity contribution in [2.75, 3.05) is 0 Å². The van der Waals surface area contributed by atoms with Crippen LogP contribution in [0.4, 0.5) is 0 Å². The van der Waals surface area contributed by atoms with E-state index >= 15 is 0 Å². The molecule has 0 aliphatic rings. The average molecular weight is 312 g/mol. The van der Waals surface area contributed by atoms with Gasteiger partial charge in [-0.2, -0.15) is 0 Å². The van der Waals surface area contributed by atoms with Crippen LogP contribution < -0.4 is 4.57 Å². The largest absolute Gasteiger partial charge is 0.287 e. The molecule has 3 nitrogen and oxygen atoms in total. The molecule has 0 N–H and O–H groups in total. The third-order valence-electron chi connectivity index (χ3n) is 4.37. The standard InChI is InChI=1S/C21H18N3/c1-15-6-3-4-8-18(15)21-19-10-9-16(17-7-5-11-22-13-17)12-20(19)23-14-24(21)2/h3-14H,1-2H3/q+1. The normalized spacial score (nSPS) is 10.9. The number of aromatic nitrogens is 3. The van der Waals surface area contributed by atoms with Crippen LogP contribution in [0, 0.1) is 6.92 Å². The van der Waals surface area contributed by atoms with E-state index in [2.05, 4.69) is 70.0 Å². The highest BCUT2D eigenvalue weighted by Gasteiger charge is 2.16. The molecule has 116 valence electrons. The van der Waals surface area contributed by atoms with Crippen LogP contribution in [-0.2, 0) is 7.05 Å².